The van der Waals surface area contributed by atoms with Gasteiger partial charge in [0.1, 0.15) is 36.0 Å². The molecule has 12 nitrogen and oxygen atoms in total. The van der Waals surface area contributed by atoms with Crippen molar-refractivity contribution in [1.29, 1.82) is 0 Å². The van der Waals surface area contributed by atoms with Gasteiger partial charge in [-0.3, -0.25) is 4.57 Å². The molecule has 3 aromatic heterocycles. The minimum absolute atomic E-state index is 0.0897. The number of ether oxygens (including phenoxy) is 1. The second-order valence-corrected chi connectivity index (χ2v) is 11.6. The van der Waals surface area contributed by atoms with Crippen LogP contribution >= 0.6 is 0 Å². The lowest BCUT2D eigenvalue weighted by Crippen LogP contribution is -2.46. The van der Waals surface area contributed by atoms with Crippen molar-refractivity contribution in [3.8, 4) is 0 Å². The Balaban J connectivity index is 0.982. The maximum Gasteiger partial charge on any atom is 0.167 e. The van der Waals surface area contributed by atoms with Crippen LogP contribution in [0.2, 0.25) is 0 Å². The average Bonchev–Trinajstić information content (AvgIpc) is 3.59. The Morgan fingerprint density at radius 1 is 1.18 bits per heavy atom. The van der Waals surface area contributed by atoms with Gasteiger partial charge in [0, 0.05) is 24.4 Å². The average molecular weight is 537 g/mol. The van der Waals surface area contributed by atoms with Gasteiger partial charge in [-0.05, 0) is 42.9 Å². The maximum atomic E-state index is 10.7. The fraction of sp³-hybridized carbons (Fsp3) is 0.556. The second-order valence-electron chi connectivity index (χ2n) is 11.6. The van der Waals surface area contributed by atoms with Crippen LogP contribution in [-0.2, 0) is 16.6 Å². The fourth-order valence-electron chi connectivity index (χ4n) is 5.63. The summed E-state index contributed by atoms with van der Waals surface area (Å²) in [6.45, 7) is 4.57. The molecule has 1 aliphatic heterocycles. The van der Waals surface area contributed by atoms with E-state index in [1.807, 2.05) is 19.9 Å². The molecule has 7 N–H and O–H groups in total. The van der Waals surface area contributed by atoms with Crippen molar-refractivity contribution in [2.24, 2.45) is 5.92 Å². The molecule has 4 unspecified atom stereocenters. The Bertz CT molecular complexity index is 1460. The molecular formula is C27H36N8O4. The molecule has 1 aromatic carbocycles. The van der Waals surface area contributed by atoms with Gasteiger partial charge < -0.3 is 36.1 Å². The lowest BCUT2D eigenvalue weighted by Gasteiger charge is -2.36. The number of benzene rings is 1. The van der Waals surface area contributed by atoms with Gasteiger partial charge in [0.15, 0.2) is 17.7 Å². The van der Waals surface area contributed by atoms with Gasteiger partial charge in [-0.1, -0.05) is 19.9 Å². The zero-order valence-corrected chi connectivity index (χ0v) is 22.2. The summed E-state index contributed by atoms with van der Waals surface area (Å²) in [5, 5.41) is 34.4. The molecular weight excluding hydrogens is 500 g/mol. The van der Waals surface area contributed by atoms with Crippen molar-refractivity contribution < 1.29 is 20.1 Å². The number of hydrogen-bond donors (Lipinski definition) is 6. The molecule has 12 heteroatoms. The zero-order chi connectivity index (χ0) is 27.3. The number of aliphatic hydroxyl groups is 3. The van der Waals surface area contributed by atoms with E-state index in [9.17, 15) is 15.3 Å². The van der Waals surface area contributed by atoms with Gasteiger partial charge in [-0.25, -0.2) is 19.9 Å². The summed E-state index contributed by atoms with van der Waals surface area (Å²) in [4.78, 5) is 20.6. The maximum absolute atomic E-state index is 10.7. The number of H-pyrrole nitrogens is 1. The number of fused-ring (bicyclic) bond motifs is 2. The summed E-state index contributed by atoms with van der Waals surface area (Å²) in [6, 6.07) is 6.51. The van der Waals surface area contributed by atoms with Gasteiger partial charge >= 0.3 is 0 Å². The molecule has 6 rings (SSSR count). The molecule has 0 spiro atoms. The molecule has 4 aromatic rings. The molecule has 1 aliphatic carbocycles. The van der Waals surface area contributed by atoms with E-state index < -0.39 is 24.5 Å². The number of aryl methyl sites for hydroxylation is 1. The summed E-state index contributed by atoms with van der Waals surface area (Å²) in [7, 11) is 0. The van der Waals surface area contributed by atoms with Crippen LogP contribution in [0.25, 0.3) is 22.2 Å². The van der Waals surface area contributed by atoms with Crippen LogP contribution in [0, 0.1) is 5.92 Å². The number of hydrogen-bond acceptors (Lipinski definition) is 10. The largest absolute Gasteiger partial charge is 0.395 e. The highest BCUT2D eigenvalue weighted by atomic mass is 16.6. The third-order valence-corrected chi connectivity index (χ3v) is 8.34. The molecule has 4 atom stereocenters. The lowest BCUT2D eigenvalue weighted by atomic mass is 9.77. The first-order valence-corrected chi connectivity index (χ1v) is 13.5. The predicted molar refractivity (Wildman–Crippen MR) is 145 cm³/mol. The Hall–Kier alpha value is -3.16. The highest BCUT2D eigenvalue weighted by molar-refractivity contribution is 5.81. The topological polar surface area (TPSA) is 180 Å². The van der Waals surface area contributed by atoms with E-state index in [1.165, 1.54) is 12.7 Å². The van der Waals surface area contributed by atoms with Gasteiger partial charge in [0.2, 0.25) is 0 Å². The van der Waals surface area contributed by atoms with E-state index in [1.54, 1.807) is 4.57 Å². The standard InChI is InChI=1S/C27H36N8O4/c1-27(2,11-36)15-4-5-17-18(9-15)34-20(33-17)6-3-14-7-16(8-14)29-10-19-22(37)23(38)26(39-19)35-13-32-21-24(28)30-12-31-25(21)35/h4-5,9,12-14,16,19,22-23,26,29,36-38H,3,6-8,10-11H2,1-2H3,(H,33,34)(H2,28,30,31). The van der Waals surface area contributed by atoms with Gasteiger partial charge in [-0.15, -0.1) is 0 Å². The van der Waals surface area contributed by atoms with E-state index in [0.29, 0.717) is 29.7 Å². The molecule has 208 valence electrons. The van der Waals surface area contributed by atoms with E-state index in [4.69, 9.17) is 15.5 Å². The zero-order valence-electron chi connectivity index (χ0n) is 22.2. The van der Waals surface area contributed by atoms with E-state index >= 15 is 0 Å². The van der Waals surface area contributed by atoms with Gasteiger partial charge in [0.25, 0.3) is 0 Å². The van der Waals surface area contributed by atoms with Gasteiger partial charge in [-0.2, -0.15) is 0 Å². The number of aromatic nitrogens is 6. The Morgan fingerprint density at radius 3 is 2.79 bits per heavy atom. The number of imidazole rings is 2. The summed E-state index contributed by atoms with van der Waals surface area (Å²) in [6.07, 6.45) is 3.35. The van der Waals surface area contributed by atoms with Crippen LogP contribution in [0.1, 0.15) is 50.7 Å². The number of nitrogens with two attached hydrogens (primary N) is 1. The third-order valence-electron chi connectivity index (χ3n) is 8.34. The first-order valence-electron chi connectivity index (χ1n) is 13.5. The van der Waals surface area contributed by atoms with Crippen molar-refractivity contribution in [2.45, 2.75) is 75.5 Å². The fourth-order valence-corrected chi connectivity index (χ4v) is 5.63. The van der Waals surface area contributed by atoms with Crippen LogP contribution < -0.4 is 11.1 Å². The number of rotatable bonds is 9. The smallest absolute Gasteiger partial charge is 0.167 e. The molecule has 39 heavy (non-hydrogen) atoms. The second kappa shape index (κ2) is 10.1. The van der Waals surface area contributed by atoms with E-state index in [0.717, 1.165) is 48.1 Å². The van der Waals surface area contributed by atoms with E-state index in [2.05, 4.69) is 37.4 Å². The van der Waals surface area contributed by atoms with Crippen LogP contribution in [0.15, 0.2) is 30.9 Å². The van der Waals surface area contributed by atoms with Crippen molar-refractivity contribution in [2.75, 3.05) is 18.9 Å². The van der Waals surface area contributed by atoms with Crippen molar-refractivity contribution in [3.05, 3.63) is 42.2 Å². The van der Waals surface area contributed by atoms with Gasteiger partial charge in [0.05, 0.1) is 24.0 Å². The van der Waals surface area contributed by atoms with Crippen molar-refractivity contribution in [1.82, 2.24) is 34.8 Å². The summed E-state index contributed by atoms with van der Waals surface area (Å²) in [5.41, 5.74) is 9.49. The summed E-state index contributed by atoms with van der Waals surface area (Å²) >= 11 is 0. The van der Waals surface area contributed by atoms with E-state index in [-0.39, 0.29) is 17.8 Å². The summed E-state index contributed by atoms with van der Waals surface area (Å²) in [5.74, 6) is 1.85. The van der Waals surface area contributed by atoms with Crippen LogP contribution in [0.3, 0.4) is 0 Å². The Morgan fingerprint density at radius 2 is 2.00 bits per heavy atom. The Kier molecular flexibility index (Phi) is 6.76. The predicted octanol–water partition coefficient (Wildman–Crippen LogP) is 1.17. The molecule has 1 saturated carbocycles. The number of aromatic amines is 1. The molecule has 4 heterocycles. The molecule has 0 bridgehead atoms. The normalized spacial score (nSPS) is 27.4. The molecule has 1 saturated heterocycles. The quantitative estimate of drug-likeness (QED) is 0.182. The highest BCUT2D eigenvalue weighted by Crippen LogP contribution is 2.34. The number of nitrogens with one attached hydrogen (secondary N) is 2. The van der Waals surface area contributed by atoms with Crippen LogP contribution in [-0.4, -0.2) is 82.3 Å². The number of anilines is 1. The number of nitrogens with zero attached hydrogens (tertiary/aromatic N) is 5. The number of aliphatic hydroxyl groups excluding tert-OH is 3. The summed E-state index contributed by atoms with van der Waals surface area (Å²) < 4.78 is 7.62. The van der Waals surface area contributed by atoms with Crippen molar-refractivity contribution in [3.63, 3.8) is 0 Å². The molecule has 0 radical (unpaired) electrons. The number of nitrogen functional groups attached to an aromatic ring is 1. The van der Waals surface area contributed by atoms with Crippen LogP contribution in [0.5, 0.6) is 0 Å². The minimum Gasteiger partial charge on any atom is -0.395 e. The molecule has 2 aliphatic rings. The Labute approximate surface area is 225 Å². The van der Waals surface area contributed by atoms with Crippen LogP contribution in [0.4, 0.5) is 5.82 Å². The third kappa shape index (κ3) is 4.87. The lowest BCUT2D eigenvalue weighted by molar-refractivity contribution is -0.0357. The molecule has 2 fully saturated rings. The first-order chi connectivity index (χ1) is 18.7. The monoisotopic (exact) mass is 536 g/mol. The SMILES string of the molecule is CC(C)(CO)c1ccc2[nH]c(CCC3CC(NCC4OC(n5cnc6c(N)ncnc65)C(O)C4O)C3)nc2c1. The van der Waals surface area contributed by atoms with Crippen molar-refractivity contribution >= 4 is 28.0 Å². The minimum atomic E-state index is -1.12. The first kappa shape index (κ1) is 26.1. The molecule has 0 amide bonds. The highest BCUT2D eigenvalue weighted by Gasteiger charge is 2.44.